The van der Waals surface area contributed by atoms with E-state index < -0.39 is 0 Å². The van der Waals surface area contributed by atoms with E-state index in [0.29, 0.717) is 5.13 Å². The van der Waals surface area contributed by atoms with Crippen molar-refractivity contribution in [1.82, 2.24) is 4.98 Å². The van der Waals surface area contributed by atoms with Crippen LogP contribution in [0.5, 0.6) is 5.75 Å². The molecule has 6 heteroatoms. The number of benzene rings is 1. The van der Waals surface area contributed by atoms with Crippen LogP contribution in [0.4, 0.5) is 5.13 Å². The highest BCUT2D eigenvalue weighted by Gasteiger charge is 2.14. The van der Waals surface area contributed by atoms with E-state index in [0.717, 1.165) is 22.4 Å². The van der Waals surface area contributed by atoms with Crippen molar-refractivity contribution in [1.29, 1.82) is 0 Å². The number of fused-ring (bicyclic) bond motifs is 1. The predicted molar refractivity (Wildman–Crippen MR) is 77.8 cm³/mol. The average molecular weight is 329 g/mol. The number of hydrogen-bond donors (Lipinski definition) is 1. The Kier molecular flexibility index (Phi) is 4.19. The lowest BCUT2D eigenvalue weighted by Crippen LogP contribution is -2.21. The minimum absolute atomic E-state index is 0.0662. The molecule has 1 amide bonds. The second-order valence-electron chi connectivity index (χ2n) is 3.72. The van der Waals surface area contributed by atoms with Crippen LogP contribution < -0.4 is 10.1 Å². The van der Waals surface area contributed by atoms with Crippen molar-refractivity contribution >= 4 is 48.5 Å². The molecule has 1 aromatic heterocycles. The van der Waals surface area contributed by atoms with Crippen LogP contribution >= 0.6 is 27.3 Å². The highest BCUT2D eigenvalue weighted by atomic mass is 79.9. The molecule has 0 unspecified atom stereocenters. The summed E-state index contributed by atoms with van der Waals surface area (Å²) in [7, 11) is 1.63. The number of ether oxygens (including phenoxy) is 1. The molecule has 2 rings (SSSR count). The molecule has 96 valence electrons. The monoisotopic (exact) mass is 328 g/mol. The quantitative estimate of drug-likeness (QED) is 0.875. The summed E-state index contributed by atoms with van der Waals surface area (Å²) in [6, 6.07) is 5.65. The standard InChI is InChI=1S/C12H13BrN2O2S/c1-3-8(13)11(16)15-12-14-9-5-4-7(17-2)6-10(9)18-12/h4-6,8H,3H2,1-2H3,(H,14,15,16)/t8-/m1/s1. The molecule has 1 N–H and O–H groups in total. The van der Waals surface area contributed by atoms with Gasteiger partial charge in [-0.25, -0.2) is 4.98 Å². The van der Waals surface area contributed by atoms with Crippen molar-refractivity contribution in [3.8, 4) is 5.75 Å². The summed E-state index contributed by atoms with van der Waals surface area (Å²) < 4.78 is 6.15. The van der Waals surface area contributed by atoms with Gasteiger partial charge in [-0.15, -0.1) is 0 Å². The second kappa shape index (κ2) is 5.67. The van der Waals surface area contributed by atoms with Crippen molar-refractivity contribution in [2.75, 3.05) is 12.4 Å². The van der Waals surface area contributed by atoms with Crippen LogP contribution in [0.2, 0.25) is 0 Å². The van der Waals surface area contributed by atoms with E-state index >= 15 is 0 Å². The molecule has 1 heterocycles. The van der Waals surface area contributed by atoms with Crippen LogP contribution in [-0.4, -0.2) is 22.8 Å². The van der Waals surface area contributed by atoms with Gasteiger partial charge in [-0.3, -0.25) is 4.79 Å². The fraction of sp³-hybridized carbons (Fsp3) is 0.333. The lowest BCUT2D eigenvalue weighted by molar-refractivity contribution is -0.115. The molecule has 1 aromatic carbocycles. The number of nitrogens with one attached hydrogen (secondary N) is 1. The van der Waals surface area contributed by atoms with Gasteiger partial charge < -0.3 is 10.1 Å². The molecule has 0 aliphatic heterocycles. The van der Waals surface area contributed by atoms with E-state index in [4.69, 9.17) is 4.74 Å². The van der Waals surface area contributed by atoms with Gasteiger partial charge in [-0.2, -0.15) is 0 Å². The fourth-order valence-electron chi connectivity index (χ4n) is 1.45. The van der Waals surface area contributed by atoms with Gasteiger partial charge in [-0.05, 0) is 24.6 Å². The number of hydrogen-bond acceptors (Lipinski definition) is 4. The number of aromatic nitrogens is 1. The maximum atomic E-state index is 11.7. The zero-order valence-electron chi connectivity index (χ0n) is 10.1. The molecule has 0 aliphatic carbocycles. The molecule has 0 bridgehead atoms. The number of alkyl halides is 1. The lowest BCUT2D eigenvalue weighted by atomic mass is 10.3. The summed E-state index contributed by atoms with van der Waals surface area (Å²) in [5, 5.41) is 3.41. The lowest BCUT2D eigenvalue weighted by Gasteiger charge is -2.04. The van der Waals surface area contributed by atoms with Gasteiger partial charge in [0.15, 0.2) is 5.13 Å². The molecule has 0 saturated heterocycles. The van der Waals surface area contributed by atoms with Crippen LogP contribution in [0.3, 0.4) is 0 Å². The van der Waals surface area contributed by atoms with Gasteiger partial charge in [0.05, 0.1) is 22.2 Å². The van der Waals surface area contributed by atoms with E-state index in [1.807, 2.05) is 25.1 Å². The van der Waals surface area contributed by atoms with Crippen LogP contribution in [0.1, 0.15) is 13.3 Å². The number of carbonyl (C=O) groups excluding carboxylic acids is 1. The predicted octanol–water partition coefficient (Wildman–Crippen LogP) is 3.42. The highest BCUT2D eigenvalue weighted by molar-refractivity contribution is 9.10. The van der Waals surface area contributed by atoms with Gasteiger partial charge >= 0.3 is 0 Å². The Morgan fingerprint density at radius 2 is 2.39 bits per heavy atom. The average Bonchev–Trinajstić information content (AvgIpc) is 2.78. The van der Waals surface area contributed by atoms with E-state index in [1.54, 1.807) is 7.11 Å². The fourth-order valence-corrected chi connectivity index (χ4v) is 2.47. The smallest absolute Gasteiger partial charge is 0.239 e. The van der Waals surface area contributed by atoms with Crippen LogP contribution in [0, 0.1) is 0 Å². The zero-order chi connectivity index (χ0) is 13.1. The Balaban J connectivity index is 2.22. The molecule has 0 spiro atoms. The van der Waals surface area contributed by atoms with Crippen LogP contribution in [0.25, 0.3) is 10.2 Å². The molecular weight excluding hydrogens is 316 g/mol. The normalized spacial score (nSPS) is 12.4. The summed E-state index contributed by atoms with van der Waals surface area (Å²) in [4.78, 5) is 15.9. The number of carbonyl (C=O) groups is 1. The molecule has 18 heavy (non-hydrogen) atoms. The summed E-state index contributed by atoms with van der Waals surface area (Å²) in [6.45, 7) is 1.95. The first-order valence-corrected chi connectivity index (χ1v) is 7.26. The van der Waals surface area contributed by atoms with Crippen molar-refractivity contribution < 1.29 is 9.53 Å². The first kappa shape index (κ1) is 13.3. The summed E-state index contributed by atoms with van der Waals surface area (Å²) in [5.74, 6) is 0.722. The number of halogens is 1. The number of nitrogens with zero attached hydrogens (tertiary/aromatic N) is 1. The Labute approximate surface area is 117 Å². The Morgan fingerprint density at radius 1 is 1.61 bits per heavy atom. The summed E-state index contributed by atoms with van der Waals surface area (Å²) in [5.41, 5.74) is 0.860. The van der Waals surface area contributed by atoms with E-state index in [9.17, 15) is 4.79 Å². The molecule has 1 atom stereocenters. The summed E-state index contributed by atoms with van der Waals surface area (Å²) >= 11 is 4.75. The molecule has 4 nitrogen and oxygen atoms in total. The van der Waals surface area contributed by atoms with Gasteiger partial charge in [-0.1, -0.05) is 34.2 Å². The third-order valence-corrected chi connectivity index (χ3v) is 4.47. The number of amides is 1. The first-order valence-electron chi connectivity index (χ1n) is 5.53. The van der Waals surface area contributed by atoms with Gasteiger partial charge in [0.2, 0.25) is 5.91 Å². The summed E-state index contributed by atoms with van der Waals surface area (Å²) in [6.07, 6.45) is 0.741. The van der Waals surface area contributed by atoms with E-state index in [-0.39, 0.29) is 10.7 Å². The van der Waals surface area contributed by atoms with Crippen molar-refractivity contribution in [2.45, 2.75) is 18.2 Å². The molecule has 0 radical (unpaired) electrons. The van der Waals surface area contributed by atoms with Crippen LogP contribution in [-0.2, 0) is 4.79 Å². The van der Waals surface area contributed by atoms with Crippen LogP contribution in [0.15, 0.2) is 18.2 Å². The minimum atomic E-state index is -0.181. The topological polar surface area (TPSA) is 51.2 Å². The number of anilines is 1. The maximum absolute atomic E-state index is 11.7. The van der Waals surface area contributed by atoms with E-state index in [1.165, 1.54) is 11.3 Å². The molecule has 0 aliphatic rings. The second-order valence-corrected chi connectivity index (χ2v) is 5.85. The third-order valence-electron chi connectivity index (χ3n) is 2.47. The maximum Gasteiger partial charge on any atom is 0.239 e. The largest absolute Gasteiger partial charge is 0.497 e. The number of thiazole rings is 1. The number of rotatable bonds is 4. The van der Waals surface area contributed by atoms with Crippen molar-refractivity contribution in [3.63, 3.8) is 0 Å². The van der Waals surface area contributed by atoms with Gasteiger partial charge in [0.25, 0.3) is 0 Å². The van der Waals surface area contributed by atoms with Gasteiger partial charge in [0.1, 0.15) is 5.75 Å². The third kappa shape index (κ3) is 2.81. The Bertz CT molecular complexity index is 570. The molecular formula is C12H13BrN2O2S. The van der Waals surface area contributed by atoms with Crippen molar-refractivity contribution in [3.05, 3.63) is 18.2 Å². The molecule has 0 saturated carbocycles. The Morgan fingerprint density at radius 3 is 3.06 bits per heavy atom. The van der Waals surface area contributed by atoms with Gasteiger partial charge in [0, 0.05) is 0 Å². The number of methoxy groups -OCH3 is 1. The minimum Gasteiger partial charge on any atom is -0.497 e. The van der Waals surface area contributed by atoms with Crippen molar-refractivity contribution in [2.24, 2.45) is 0 Å². The SMILES string of the molecule is CC[C@@H](Br)C(=O)Nc1nc2ccc(OC)cc2s1. The first-order chi connectivity index (χ1) is 8.63. The molecule has 2 aromatic rings. The molecule has 0 fully saturated rings. The zero-order valence-corrected chi connectivity index (χ0v) is 12.5. The highest BCUT2D eigenvalue weighted by Crippen LogP contribution is 2.29. The van der Waals surface area contributed by atoms with E-state index in [2.05, 4.69) is 26.2 Å². The Hall–Kier alpha value is -1.14.